The number of nitrogens with one attached hydrogen (secondary N) is 1. The first-order valence-electron chi connectivity index (χ1n) is 5.38. The molecule has 0 aliphatic rings. The fourth-order valence-corrected chi connectivity index (χ4v) is 3.16. The minimum absolute atomic E-state index is 0.0858. The van der Waals surface area contributed by atoms with Crippen molar-refractivity contribution in [1.29, 1.82) is 0 Å². The number of nitrogens with two attached hydrogens (primary N) is 1. The maximum Gasteiger partial charge on any atom is 0.244 e. The summed E-state index contributed by atoms with van der Waals surface area (Å²) in [6.07, 6.45) is 1.30. The molecule has 17 heavy (non-hydrogen) atoms. The maximum atomic E-state index is 12.2. The lowest BCUT2D eigenvalue weighted by atomic mass is 10.4. The van der Waals surface area contributed by atoms with Crippen LogP contribution in [0.2, 0.25) is 0 Å². The second-order valence-corrected chi connectivity index (χ2v) is 5.72. The molecule has 1 aromatic heterocycles. The number of hydrazine groups is 1. The number of nitrogen functional groups attached to an aromatic ring is 1. The molecule has 0 aliphatic carbocycles. The van der Waals surface area contributed by atoms with E-state index in [1.807, 2.05) is 13.8 Å². The van der Waals surface area contributed by atoms with Crippen LogP contribution in [0.5, 0.6) is 0 Å². The zero-order chi connectivity index (χ0) is 13.1. The van der Waals surface area contributed by atoms with Gasteiger partial charge in [-0.15, -0.1) is 0 Å². The summed E-state index contributed by atoms with van der Waals surface area (Å²) in [6.45, 7) is 5.91. The van der Waals surface area contributed by atoms with Crippen molar-refractivity contribution in [2.24, 2.45) is 5.84 Å². The lowest BCUT2D eigenvalue weighted by molar-refractivity contribution is 0.369. The third-order valence-corrected chi connectivity index (χ3v) is 4.51. The van der Waals surface area contributed by atoms with Crippen molar-refractivity contribution < 1.29 is 8.42 Å². The summed E-state index contributed by atoms with van der Waals surface area (Å²) in [7, 11) is -3.47. The molecule has 0 aromatic carbocycles. The van der Waals surface area contributed by atoms with Gasteiger partial charge in [-0.2, -0.15) is 4.31 Å². The van der Waals surface area contributed by atoms with Gasteiger partial charge >= 0.3 is 0 Å². The highest BCUT2D eigenvalue weighted by atomic mass is 32.2. The number of aromatic nitrogens is 1. The van der Waals surface area contributed by atoms with Crippen LogP contribution in [0.3, 0.4) is 0 Å². The van der Waals surface area contributed by atoms with Crippen LogP contribution in [0.1, 0.15) is 20.8 Å². The Morgan fingerprint density at radius 2 is 2.12 bits per heavy atom. The van der Waals surface area contributed by atoms with Crippen LogP contribution in [0.15, 0.2) is 23.2 Å². The quantitative estimate of drug-likeness (QED) is 0.602. The van der Waals surface area contributed by atoms with Gasteiger partial charge in [0.05, 0.1) is 0 Å². The third-order valence-electron chi connectivity index (χ3n) is 2.38. The topological polar surface area (TPSA) is 88.3 Å². The minimum Gasteiger partial charge on any atom is -0.308 e. The summed E-state index contributed by atoms with van der Waals surface area (Å²) in [5, 5.41) is 0. The van der Waals surface area contributed by atoms with E-state index in [4.69, 9.17) is 5.84 Å². The number of hydrogen-bond acceptors (Lipinski definition) is 5. The van der Waals surface area contributed by atoms with Crippen molar-refractivity contribution in [1.82, 2.24) is 9.29 Å². The summed E-state index contributed by atoms with van der Waals surface area (Å²) in [5.74, 6) is 5.60. The highest BCUT2D eigenvalue weighted by Crippen LogP contribution is 2.17. The van der Waals surface area contributed by atoms with E-state index in [9.17, 15) is 8.42 Å². The smallest absolute Gasteiger partial charge is 0.244 e. The van der Waals surface area contributed by atoms with E-state index in [1.165, 1.54) is 22.6 Å². The molecule has 0 atom stereocenters. The van der Waals surface area contributed by atoms with Gasteiger partial charge in [0.25, 0.3) is 0 Å². The first-order chi connectivity index (χ1) is 7.93. The van der Waals surface area contributed by atoms with E-state index in [1.54, 1.807) is 6.92 Å². The first-order valence-corrected chi connectivity index (χ1v) is 6.82. The van der Waals surface area contributed by atoms with Crippen molar-refractivity contribution in [3.8, 4) is 0 Å². The number of pyridine rings is 1. The van der Waals surface area contributed by atoms with Gasteiger partial charge in [-0.05, 0) is 26.0 Å². The maximum absolute atomic E-state index is 12.2. The zero-order valence-corrected chi connectivity index (χ0v) is 11.0. The van der Waals surface area contributed by atoms with Crippen molar-refractivity contribution in [3.05, 3.63) is 18.3 Å². The Morgan fingerprint density at radius 3 is 2.47 bits per heavy atom. The largest absolute Gasteiger partial charge is 0.308 e. The highest BCUT2D eigenvalue weighted by Gasteiger charge is 2.25. The Morgan fingerprint density at radius 1 is 1.47 bits per heavy atom. The van der Waals surface area contributed by atoms with Crippen molar-refractivity contribution in [3.63, 3.8) is 0 Å². The fraction of sp³-hybridized carbons (Fsp3) is 0.500. The zero-order valence-electron chi connectivity index (χ0n) is 10.2. The molecule has 3 N–H and O–H groups in total. The molecule has 0 amide bonds. The molecule has 0 aliphatic heterocycles. The standard InChI is InChI=1S/C10H18N4O2S/c1-4-14(8(2)3)17(15,16)9-5-6-10(13-11)12-7-9/h5-8H,4,11H2,1-3H3,(H,12,13). The summed E-state index contributed by atoms with van der Waals surface area (Å²) in [5.41, 5.74) is 2.35. The second-order valence-electron chi connectivity index (χ2n) is 3.83. The van der Waals surface area contributed by atoms with Gasteiger partial charge in [0.1, 0.15) is 10.7 Å². The number of anilines is 1. The Labute approximate surface area is 102 Å². The third kappa shape index (κ3) is 2.93. The molecule has 0 saturated heterocycles. The van der Waals surface area contributed by atoms with E-state index in [-0.39, 0.29) is 10.9 Å². The average molecular weight is 258 g/mol. The Balaban J connectivity index is 3.11. The predicted molar refractivity (Wildman–Crippen MR) is 66.7 cm³/mol. The lowest BCUT2D eigenvalue weighted by Crippen LogP contribution is -2.36. The number of hydrogen-bond donors (Lipinski definition) is 2. The van der Waals surface area contributed by atoms with Crippen molar-refractivity contribution in [2.75, 3.05) is 12.0 Å². The van der Waals surface area contributed by atoms with Crippen LogP contribution in [-0.4, -0.2) is 30.3 Å². The normalized spacial score (nSPS) is 12.1. The molecule has 96 valence electrons. The SMILES string of the molecule is CCN(C(C)C)S(=O)(=O)c1ccc(NN)nc1. The average Bonchev–Trinajstić information content (AvgIpc) is 2.29. The van der Waals surface area contributed by atoms with E-state index in [0.29, 0.717) is 12.4 Å². The van der Waals surface area contributed by atoms with Crippen molar-refractivity contribution >= 4 is 15.8 Å². The lowest BCUT2D eigenvalue weighted by Gasteiger charge is -2.24. The Hall–Kier alpha value is -1.18. The van der Waals surface area contributed by atoms with Gasteiger partial charge in [-0.25, -0.2) is 19.2 Å². The minimum atomic E-state index is -3.47. The fourth-order valence-electron chi connectivity index (χ4n) is 1.57. The molecule has 0 fully saturated rings. The summed E-state index contributed by atoms with van der Waals surface area (Å²) >= 11 is 0. The van der Waals surface area contributed by atoms with E-state index in [0.717, 1.165) is 0 Å². The van der Waals surface area contributed by atoms with Crippen LogP contribution in [-0.2, 0) is 10.0 Å². The number of nitrogens with zero attached hydrogens (tertiary/aromatic N) is 2. The number of sulfonamides is 1. The summed E-state index contributed by atoms with van der Waals surface area (Å²) in [4.78, 5) is 4.07. The van der Waals surface area contributed by atoms with Gasteiger partial charge in [0.2, 0.25) is 10.0 Å². The van der Waals surface area contributed by atoms with Crippen molar-refractivity contribution in [2.45, 2.75) is 31.7 Å². The molecule has 1 rings (SSSR count). The molecule has 0 saturated carbocycles. The molecule has 1 aromatic rings. The monoisotopic (exact) mass is 258 g/mol. The molecular formula is C10H18N4O2S. The molecule has 1 heterocycles. The molecule has 0 radical (unpaired) electrons. The molecule has 0 bridgehead atoms. The molecule has 6 nitrogen and oxygen atoms in total. The van der Waals surface area contributed by atoms with Gasteiger partial charge < -0.3 is 5.43 Å². The molecule has 0 unspecified atom stereocenters. The first kappa shape index (κ1) is 13.9. The van der Waals surface area contributed by atoms with E-state index < -0.39 is 10.0 Å². The number of rotatable bonds is 5. The highest BCUT2D eigenvalue weighted by molar-refractivity contribution is 7.89. The van der Waals surface area contributed by atoms with Crippen LogP contribution in [0.25, 0.3) is 0 Å². The van der Waals surface area contributed by atoms with Crippen LogP contribution in [0, 0.1) is 0 Å². The van der Waals surface area contributed by atoms with Crippen LogP contribution in [0.4, 0.5) is 5.82 Å². The second kappa shape index (κ2) is 5.44. The molecular weight excluding hydrogens is 240 g/mol. The van der Waals surface area contributed by atoms with Gasteiger partial charge in [-0.3, -0.25) is 0 Å². The molecule has 7 heteroatoms. The van der Waals surface area contributed by atoms with Gasteiger partial charge in [-0.1, -0.05) is 6.92 Å². The van der Waals surface area contributed by atoms with E-state index >= 15 is 0 Å². The summed E-state index contributed by atoms with van der Waals surface area (Å²) in [6, 6.07) is 2.93. The van der Waals surface area contributed by atoms with E-state index in [2.05, 4.69) is 10.4 Å². The van der Waals surface area contributed by atoms with Crippen LogP contribution >= 0.6 is 0 Å². The predicted octanol–water partition coefficient (Wildman–Crippen LogP) is 0.786. The Kier molecular flexibility index (Phi) is 4.44. The Bertz CT molecular complexity index is 456. The van der Waals surface area contributed by atoms with Crippen LogP contribution < -0.4 is 11.3 Å². The van der Waals surface area contributed by atoms with Gasteiger partial charge in [0.15, 0.2) is 0 Å². The molecule has 0 spiro atoms. The van der Waals surface area contributed by atoms with Gasteiger partial charge in [0, 0.05) is 18.8 Å². The summed E-state index contributed by atoms with van der Waals surface area (Å²) < 4.78 is 25.9.